The SMILES string of the molecule is N#Cc1cc(C(=O)Cl)c(C=O)c([N+](=O)[O-])c1. The third kappa shape index (κ3) is 2.04. The zero-order valence-electron chi connectivity index (χ0n) is 7.64. The summed E-state index contributed by atoms with van der Waals surface area (Å²) >= 11 is 5.16. The van der Waals surface area contributed by atoms with E-state index in [4.69, 9.17) is 16.9 Å². The van der Waals surface area contributed by atoms with Crippen LogP contribution in [0.1, 0.15) is 26.3 Å². The van der Waals surface area contributed by atoms with Crippen molar-refractivity contribution in [3.63, 3.8) is 0 Å². The molecular formula is C9H3ClN2O4. The number of rotatable bonds is 3. The summed E-state index contributed by atoms with van der Waals surface area (Å²) in [6.07, 6.45) is 0.162. The lowest BCUT2D eigenvalue weighted by Gasteiger charge is -2.01. The number of nitro benzene ring substituents is 1. The van der Waals surface area contributed by atoms with Gasteiger partial charge in [0.1, 0.15) is 5.56 Å². The molecule has 0 aliphatic carbocycles. The Labute approximate surface area is 94.2 Å². The molecule has 0 amide bonds. The van der Waals surface area contributed by atoms with E-state index in [0.717, 1.165) is 12.1 Å². The highest BCUT2D eigenvalue weighted by atomic mass is 35.5. The van der Waals surface area contributed by atoms with Crippen molar-refractivity contribution in [2.45, 2.75) is 0 Å². The third-order valence-corrected chi connectivity index (χ3v) is 2.02. The summed E-state index contributed by atoms with van der Waals surface area (Å²) in [5.41, 5.74) is -1.49. The van der Waals surface area contributed by atoms with Gasteiger partial charge in [0.25, 0.3) is 10.9 Å². The molecule has 0 N–H and O–H groups in total. The summed E-state index contributed by atoms with van der Waals surface area (Å²) in [6.45, 7) is 0. The van der Waals surface area contributed by atoms with Gasteiger partial charge in [-0.2, -0.15) is 5.26 Å². The van der Waals surface area contributed by atoms with Crippen LogP contribution in [0.3, 0.4) is 0 Å². The minimum absolute atomic E-state index is 0.110. The molecule has 0 aliphatic rings. The first kappa shape index (κ1) is 11.8. The van der Waals surface area contributed by atoms with Crippen molar-refractivity contribution in [1.29, 1.82) is 5.26 Å². The lowest BCUT2D eigenvalue weighted by atomic mass is 10.0. The highest BCUT2D eigenvalue weighted by molar-refractivity contribution is 6.68. The molecule has 0 atom stereocenters. The second-order valence-electron chi connectivity index (χ2n) is 2.72. The Bertz CT molecular complexity index is 498. The minimum Gasteiger partial charge on any atom is -0.298 e. The summed E-state index contributed by atoms with van der Waals surface area (Å²) in [7, 11) is 0. The van der Waals surface area contributed by atoms with Crippen LogP contribution in [0.15, 0.2) is 12.1 Å². The van der Waals surface area contributed by atoms with E-state index in [2.05, 4.69) is 0 Å². The quantitative estimate of drug-likeness (QED) is 0.345. The Hall–Kier alpha value is -2.26. The molecule has 7 heteroatoms. The van der Waals surface area contributed by atoms with E-state index in [1.54, 1.807) is 6.07 Å². The van der Waals surface area contributed by atoms with Crippen molar-refractivity contribution in [1.82, 2.24) is 0 Å². The number of carbonyl (C=O) groups is 2. The molecule has 0 aliphatic heterocycles. The maximum absolute atomic E-state index is 10.9. The second-order valence-corrected chi connectivity index (χ2v) is 3.06. The predicted octanol–water partition coefficient (Wildman–Crippen LogP) is 1.66. The van der Waals surface area contributed by atoms with E-state index in [0.29, 0.717) is 0 Å². The zero-order chi connectivity index (χ0) is 12.3. The Kier molecular flexibility index (Phi) is 3.33. The van der Waals surface area contributed by atoms with Crippen LogP contribution in [-0.2, 0) is 0 Å². The molecule has 1 rings (SSSR count). The van der Waals surface area contributed by atoms with Crippen molar-refractivity contribution in [2.24, 2.45) is 0 Å². The smallest absolute Gasteiger partial charge is 0.281 e. The van der Waals surface area contributed by atoms with Crippen molar-refractivity contribution in [2.75, 3.05) is 0 Å². The lowest BCUT2D eigenvalue weighted by Crippen LogP contribution is -2.03. The molecule has 0 spiro atoms. The Morgan fingerprint density at radius 3 is 2.56 bits per heavy atom. The van der Waals surface area contributed by atoms with Crippen LogP contribution in [0.25, 0.3) is 0 Å². The largest absolute Gasteiger partial charge is 0.298 e. The summed E-state index contributed by atoms with van der Waals surface area (Å²) in [5.74, 6) is 0. The molecule has 0 saturated carbocycles. The van der Waals surface area contributed by atoms with Gasteiger partial charge in [-0.1, -0.05) is 0 Å². The maximum atomic E-state index is 10.9. The Morgan fingerprint density at radius 1 is 1.56 bits per heavy atom. The van der Waals surface area contributed by atoms with Crippen molar-refractivity contribution in [3.8, 4) is 6.07 Å². The van der Waals surface area contributed by atoms with Gasteiger partial charge in [-0.15, -0.1) is 0 Å². The third-order valence-electron chi connectivity index (χ3n) is 1.81. The van der Waals surface area contributed by atoms with Crippen molar-refractivity contribution in [3.05, 3.63) is 38.9 Å². The van der Waals surface area contributed by atoms with Crippen LogP contribution in [-0.4, -0.2) is 16.5 Å². The lowest BCUT2D eigenvalue weighted by molar-refractivity contribution is -0.385. The van der Waals surface area contributed by atoms with Gasteiger partial charge >= 0.3 is 0 Å². The number of nitro groups is 1. The van der Waals surface area contributed by atoms with Gasteiger partial charge in [0.05, 0.1) is 22.1 Å². The monoisotopic (exact) mass is 238 g/mol. The number of benzene rings is 1. The molecule has 0 unspecified atom stereocenters. The summed E-state index contributed by atoms with van der Waals surface area (Å²) in [5, 5.41) is 18.2. The summed E-state index contributed by atoms with van der Waals surface area (Å²) in [4.78, 5) is 31.4. The molecule has 0 saturated heterocycles. The number of halogens is 1. The highest BCUT2D eigenvalue weighted by Crippen LogP contribution is 2.24. The topological polar surface area (TPSA) is 101 Å². The van der Waals surface area contributed by atoms with Gasteiger partial charge in [-0.05, 0) is 17.7 Å². The van der Waals surface area contributed by atoms with Gasteiger partial charge in [0, 0.05) is 6.07 Å². The van der Waals surface area contributed by atoms with Crippen LogP contribution in [0.2, 0.25) is 0 Å². The number of nitriles is 1. The zero-order valence-corrected chi connectivity index (χ0v) is 8.39. The van der Waals surface area contributed by atoms with Crippen molar-refractivity contribution < 1.29 is 14.5 Å². The van der Waals surface area contributed by atoms with Gasteiger partial charge in [0.15, 0.2) is 6.29 Å². The molecular weight excluding hydrogens is 236 g/mol. The van der Waals surface area contributed by atoms with Gasteiger partial charge in [0.2, 0.25) is 0 Å². The average molecular weight is 239 g/mol. The van der Waals surface area contributed by atoms with Crippen LogP contribution >= 0.6 is 11.6 Å². The second kappa shape index (κ2) is 4.51. The number of hydrogen-bond acceptors (Lipinski definition) is 5. The molecule has 0 fully saturated rings. The predicted molar refractivity (Wildman–Crippen MR) is 53.4 cm³/mol. The van der Waals surface area contributed by atoms with Gasteiger partial charge < -0.3 is 0 Å². The first-order valence-corrected chi connectivity index (χ1v) is 4.26. The first-order valence-electron chi connectivity index (χ1n) is 3.88. The molecule has 0 radical (unpaired) electrons. The fraction of sp³-hybridized carbons (Fsp3) is 0. The Morgan fingerprint density at radius 2 is 2.19 bits per heavy atom. The van der Waals surface area contributed by atoms with E-state index in [-0.39, 0.29) is 17.4 Å². The summed E-state index contributed by atoms with van der Waals surface area (Å²) < 4.78 is 0. The standard InChI is InChI=1S/C9H3ClN2O4/c10-9(14)6-1-5(3-11)2-8(12(15)16)7(6)4-13/h1-2,4H. The van der Waals surface area contributed by atoms with E-state index < -0.39 is 21.4 Å². The van der Waals surface area contributed by atoms with E-state index >= 15 is 0 Å². The van der Waals surface area contributed by atoms with Gasteiger partial charge in [-0.3, -0.25) is 19.7 Å². The van der Waals surface area contributed by atoms with Crippen LogP contribution < -0.4 is 0 Å². The van der Waals surface area contributed by atoms with Crippen LogP contribution in [0.4, 0.5) is 5.69 Å². The molecule has 6 nitrogen and oxygen atoms in total. The number of carbonyl (C=O) groups excluding carboxylic acids is 2. The Balaban J connectivity index is 3.67. The normalized spacial score (nSPS) is 9.25. The molecule has 1 aromatic carbocycles. The van der Waals surface area contributed by atoms with E-state index in [1.165, 1.54) is 0 Å². The molecule has 0 heterocycles. The minimum atomic E-state index is -1.03. The molecule has 1 aromatic rings. The number of nitrogens with zero attached hydrogens (tertiary/aromatic N) is 2. The van der Waals surface area contributed by atoms with Gasteiger partial charge in [-0.25, -0.2) is 0 Å². The molecule has 0 aromatic heterocycles. The summed E-state index contributed by atoms with van der Waals surface area (Å²) in [6, 6.07) is 3.58. The maximum Gasteiger partial charge on any atom is 0.281 e. The fourth-order valence-corrected chi connectivity index (χ4v) is 1.30. The van der Waals surface area contributed by atoms with E-state index in [1.807, 2.05) is 0 Å². The first-order chi connectivity index (χ1) is 7.51. The van der Waals surface area contributed by atoms with E-state index in [9.17, 15) is 19.7 Å². The molecule has 16 heavy (non-hydrogen) atoms. The van der Waals surface area contributed by atoms with Crippen LogP contribution in [0, 0.1) is 21.4 Å². The number of hydrogen-bond donors (Lipinski definition) is 0. The fourth-order valence-electron chi connectivity index (χ4n) is 1.14. The highest BCUT2D eigenvalue weighted by Gasteiger charge is 2.22. The van der Waals surface area contributed by atoms with Crippen molar-refractivity contribution >= 4 is 28.8 Å². The molecule has 80 valence electrons. The molecule has 0 bridgehead atoms. The average Bonchev–Trinajstić information content (AvgIpc) is 2.26. The number of aldehydes is 1. The van der Waals surface area contributed by atoms with Crippen LogP contribution in [0.5, 0.6) is 0 Å².